The van der Waals surface area contributed by atoms with Crippen LogP contribution in [0.1, 0.15) is 89.9 Å². The molecule has 0 aromatic carbocycles. The summed E-state index contributed by atoms with van der Waals surface area (Å²) in [5, 5.41) is 7.00. The molecule has 4 aliphatic rings. The third kappa shape index (κ3) is 16.3. The molecule has 3 saturated carbocycles. The minimum Gasteiger partial charge on any atom is -0.501 e. The van der Waals surface area contributed by atoms with Gasteiger partial charge in [-0.05, 0) is 44.6 Å². The largest absolute Gasteiger partial charge is 0.501 e. The highest BCUT2D eigenvalue weighted by Crippen LogP contribution is 2.42. The molecule has 1 atom stereocenters. The molecule has 250 valence electrons. The molecule has 14 heteroatoms. The molecule has 0 saturated heterocycles. The molecule has 3 fully saturated rings. The van der Waals surface area contributed by atoms with E-state index in [9.17, 15) is 44.3 Å². The van der Waals surface area contributed by atoms with Crippen LogP contribution in [0.5, 0.6) is 0 Å². The van der Waals surface area contributed by atoms with Crippen molar-refractivity contribution in [2.75, 3.05) is 28.4 Å². The Morgan fingerprint density at radius 2 is 1.05 bits per heavy atom. The summed E-state index contributed by atoms with van der Waals surface area (Å²) >= 11 is 0. The van der Waals surface area contributed by atoms with Crippen LogP contribution < -0.4 is 0 Å². The van der Waals surface area contributed by atoms with Crippen LogP contribution in [-0.2, 0) is 19.0 Å². The summed E-state index contributed by atoms with van der Waals surface area (Å²) < 4.78 is 124. The number of carbonyl (C=O) groups excluding carboxylic acids is 1. The van der Waals surface area contributed by atoms with Crippen molar-refractivity contribution in [1.82, 2.24) is 0 Å². The van der Waals surface area contributed by atoms with Crippen molar-refractivity contribution in [3.05, 3.63) is 11.8 Å². The molecule has 1 N–H and O–H groups in total. The lowest BCUT2D eigenvalue weighted by molar-refractivity contribution is -0.252. The van der Waals surface area contributed by atoms with Gasteiger partial charge in [0.15, 0.2) is 5.79 Å². The summed E-state index contributed by atoms with van der Waals surface area (Å²) in [4.78, 5) is 10.6. The molecular formula is C28H45F9O5. The number of methoxy groups -OCH3 is 3. The number of alkyl halides is 9. The van der Waals surface area contributed by atoms with Crippen molar-refractivity contribution in [1.29, 1.82) is 0 Å². The maximum absolute atomic E-state index is 12.3. The van der Waals surface area contributed by atoms with Gasteiger partial charge in [0.05, 0.1) is 30.6 Å². The molecule has 4 aliphatic carbocycles. The van der Waals surface area contributed by atoms with E-state index in [4.69, 9.17) is 19.3 Å². The topological polar surface area (TPSA) is 65.0 Å². The van der Waals surface area contributed by atoms with Gasteiger partial charge in [-0.1, -0.05) is 19.3 Å². The Labute approximate surface area is 242 Å². The van der Waals surface area contributed by atoms with E-state index in [1.807, 2.05) is 0 Å². The van der Waals surface area contributed by atoms with Crippen LogP contribution in [0.15, 0.2) is 11.8 Å². The Balaban J connectivity index is 0.000000556. The lowest BCUT2D eigenvalue weighted by atomic mass is 9.84. The van der Waals surface area contributed by atoms with Gasteiger partial charge in [-0.25, -0.2) is 0 Å². The molecule has 0 aromatic rings. The minimum absolute atomic E-state index is 0.0116. The molecule has 0 spiro atoms. The maximum Gasteiger partial charge on any atom is 0.392 e. The zero-order valence-electron chi connectivity index (χ0n) is 24.7. The number of rotatable bonds is 3. The van der Waals surface area contributed by atoms with Gasteiger partial charge in [0.25, 0.3) is 0 Å². The smallest absolute Gasteiger partial charge is 0.392 e. The number of halogens is 9. The normalized spacial score (nSPS) is 22.8. The number of aliphatic hydroxyl groups excluding tert-OH is 1. The zero-order chi connectivity index (χ0) is 32.6. The van der Waals surface area contributed by atoms with Crippen molar-refractivity contribution < 1.29 is 63.6 Å². The fourth-order valence-corrected chi connectivity index (χ4v) is 4.44. The molecule has 0 aliphatic heterocycles. The average Bonchev–Trinajstić information content (AvgIpc) is 3.84. The summed E-state index contributed by atoms with van der Waals surface area (Å²) in [6, 6.07) is 0. The second kappa shape index (κ2) is 19.0. The second-order valence-corrected chi connectivity index (χ2v) is 10.4. The fraction of sp³-hybridized carbons (Fsp3) is 0.893. The molecule has 5 nitrogen and oxygen atoms in total. The molecule has 4 rings (SSSR count). The number of allylic oxidation sites excluding steroid dienone is 2. The highest BCUT2D eigenvalue weighted by Gasteiger charge is 2.46. The molecule has 0 heterocycles. The number of aliphatic hydroxyl groups is 1. The number of hydrogen-bond acceptors (Lipinski definition) is 5. The summed E-state index contributed by atoms with van der Waals surface area (Å²) in [5.41, 5.74) is 0. The van der Waals surface area contributed by atoms with Crippen molar-refractivity contribution in [3.63, 3.8) is 0 Å². The van der Waals surface area contributed by atoms with Crippen LogP contribution in [0.4, 0.5) is 39.5 Å². The van der Waals surface area contributed by atoms with Crippen molar-refractivity contribution >= 4 is 5.78 Å². The monoisotopic (exact) mass is 632 g/mol. The Kier molecular flexibility index (Phi) is 18.3. The SMILES string of the molecule is C1CC1.CO.COC1(OC)CCC(C(F)(F)F)CC1.COC1=CCC(C(F)(F)F)CC1.O=C1CCC(C(F)(F)F)CC1. The van der Waals surface area contributed by atoms with Gasteiger partial charge in [0.1, 0.15) is 5.78 Å². The molecular weight excluding hydrogens is 587 g/mol. The van der Waals surface area contributed by atoms with Gasteiger partial charge in [-0.15, -0.1) is 0 Å². The Morgan fingerprint density at radius 1 is 0.667 bits per heavy atom. The standard InChI is InChI=1S/C9H15F3O2.C8H11F3O.C7H9F3O.C3H6.CH4O/c1-13-8(14-2)5-3-7(4-6-8)9(10,11)12;1-12-7-4-2-6(3-5-7)8(9,10)11;8-7(9,10)5-1-3-6(11)4-2-5;1-2-3-1;1-2/h7H,3-6H2,1-2H3;4,6H,2-3,5H2,1H3;5H,1-4H2;1-3H2;2H,1H3. The fourth-order valence-electron chi connectivity index (χ4n) is 4.44. The Morgan fingerprint density at radius 3 is 1.33 bits per heavy atom. The van der Waals surface area contributed by atoms with Crippen LogP contribution in [-0.4, -0.2) is 63.6 Å². The van der Waals surface area contributed by atoms with Gasteiger partial charge < -0.3 is 19.3 Å². The molecule has 42 heavy (non-hydrogen) atoms. The quantitative estimate of drug-likeness (QED) is 0.249. The molecule has 0 amide bonds. The van der Waals surface area contributed by atoms with Crippen molar-refractivity contribution in [2.45, 2.75) is 114 Å². The lowest BCUT2D eigenvalue weighted by Crippen LogP contribution is -2.41. The second-order valence-electron chi connectivity index (χ2n) is 10.4. The zero-order valence-corrected chi connectivity index (χ0v) is 24.7. The number of Topliss-reactive ketones (excluding diaryl/α,β-unsaturated/α-hetero) is 1. The highest BCUT2D eigenvalue weighted by molar-refractivity contribution is 5.79. The van der Waals surface area contributed by atoms with Crippen molar-refractivity contribution in [3.8, 4) is 0 Å². The number of hydrogen-bond donors (Lipinski definition) is 1. The van der Waals surface area contributed by atoms with Gasteiger partial charge in [-0.3, -0.25) is 4.79 Å². The van der Waals surface area contributed by atoms with E-state index in [-0.39, 0.29) is 57.1 Å². The Bertz CT molecular complexity index is 750. The van der Waals surface area contributed by atoms with Crippen LogP contribution in [0.25, 0.3) is 0 Å². The first-order valence-electron chi connectivity index (χ1n) is 14.0. The first-order valence-corrected chi connectivity index (χ1v) is 14.0. The van der Waals surface area contributed by atoms with Gasteiger partial charge in [-0.2, -0.15) is 39.5 Å². The third-order valence-electron chi connectivity index (χ3n) is 7.41. The number of ether oxygens (including phenoxy) is 3. The van der Waals surface area contributed by atoms with Crippen molar-refractivity contribution in [2.24, 2.45) is 17.8 Å². The number of ketones is 1. The third-order valence-corrected chi connectivity index (χ3v) is 7.41. The predicted molar refractivity (Wildman–Crippen MR) is 138 cm³/mol. The molecule has 1 unspecified atom stereocenters. The van der Waals surface area contributed by atoms with E-state index in [1.54, 1.807) is 0 Å². The lowest BCUT2D eigenvalue weighted by Gasteiger charge is -2.38. The number of carbonyl (C=O) groups is 1. The van der Waals surface area contributed by atoms with E-state index in [0.717, 1.165) is 7.11 Å². The van der Waals surface area contributed by atoms with E-state index in [0.29, 0.717) is 25.0 Å². The van der Waals surface area contributed by atoms with E-state index < -0.39 is 42.1 Å². The molecule has 0 aromatic heterocycles. The molecule has 0 radical (unpaired) electrons. The Hall–Kier alpha value is -1.54. The van der Waals surface area contributed by atoms with E-state index >= 15 is 0 Å². The first kappa shape index (κ1) is 40.5. The summed E-state index contributed by atoms with van der Waals surface area (Å²) in [5.74, 6) is -3.75. The van der Waals surface area contributed by atoms with Crippen LogP contribution >= 0.6 is 0 Å². The van der Waals surface area contributed by atoms with Gasteiger partial charge in [0.2, 0.25) is 0 Å². The van der Waals surface area contributed by atoms with Gasteiger partial charge >= 0.3 is 18.5 Å². The first-order chi connectivity index (χ1) is 19.5. The highest BCUT2D eigenvalue weighted by atomic mass is 19.4. The van der Waals surface area contributed by atoms with E-state index in [1.165, 1.54) is 46.7 Å². The average molecular weight is 633 g/mol. The predicted octanol–water partition coefficient (Wildman–Crippen LogP) is 8.69. The summed E-state index contributed by atoms with van der Waals surface area (Å²) in [6.45, 7) is 0. The maximum atomic E-state index is 12.3. The summed E-state index contributed by atoms with van der Waals surface area (Å²) in [7, 11) is 5.43. The van der Waals surface area contributed by atoms with Crippen LogP contribution in [0.3, 0.4) is 0 Å². The van der Waals surface area contributed by atoms with Crippen LogP contribution in [0.2, 0.25) is 0 Å². The van der Waals surface area contributed by atoms with Crippen LogP contribution in [0, 0.1) is 17.8 Å². The van der Waals surface area contributed by atoms with E-state index in [2.05, 4.69) is 0 Å². The van der Waals surface area contributed by atoms with Gasteiger partial charge in [0, 0.05) is 53.4 Å². The minimum atomic E-state index is -4.10. The summed E-state index contributed by atoms with van der Waals surface area (Å²) in [6.07, 6.45) is -4.59. The molecule has 0 bridgehead atoms.